The van der Waals surface area contributed by atoms with Crippen LogP contribution in [0.1, 0.15) is 34.2 Å². The van der Waals surface area contributed by atoms with Gasteiger partial charge in [-0.1, -0.05) is 19.1 Å². The average Bonchev–Trinajstić information content (AvgIpc) is 3.23. The van der Waals surface area contributed by atoms with Gasteiger partial charge in [0.1, 0.15) is 0 Å². The third kappa shape index (κ3) is 4.59. The molecule has 26 heavy (non-hydrogen) atoms. The van der Waals surface area contributed by atoms with Crippen molar-refractivity contribution in [2.45, 2.75) is 33.9 Å². The molecule has 6 nitrogen and oxygen atoms in total. The molecule has 3 aromatic rings. The van der Waals surface area contributed by atoms with Gasteiger partial charge in [-0.15, -0.1) is 0 Å². The number of nitrogens with zero attached hydrogens (tertiary/aromatic N) is 4. The summed E-state index contributed by atoms with van der Waals surface area (Å²) >= 11 is 0. The molecule has 0 fully saturated rings. The summed E-state index contributed by atoms with van der Waals surface area (Å²) in [7, 11) is 0. The molecular weight excluding hydrogens is 326 g/mol. The van der Waals surface area contributed by atoms with Crippen LogP contribution in [0.4, 0.5) is 0 Å². The third-order valence-corrected chi connectivity index (χ3v) is 4.32. The van der Waals surface area contributed by atoms with Crippen LogP contribution in [0.2, 0.25) is 0 Å². The van der Waals surface area contributed by atoms with E-state index in [1.807, 2.05) is 52.8 Å². The molecule has 0 aliphatic carbocycles. The predicted molar refractivity (Wildman–Crippen MR) is 101 cm³/mol. The zero-order valence-corrected chi connectivity index (χ0v) is 15.5. The molecule has 3 rings (SSSR count). The molecule has 0 saturated heterocycles. The number of carbonyl (C=O) groups excluding carboxylic acids is 1. The Morgan fingerprint density at radius 1 is 1.23 bits per heavy atom. The number of hydrogen-bond acceptors (Lipinski definition) is 3. The number of carbonyl (C=O) groups is 1. The molecule has 0 saturated carbocycles. The Bertz CT molecular complexity index is 849. The Labute approximate surface area is 153 Å². The van der Waals surface area contributed by atoms with E-state index in [1.54, 1.807) is 6.20 Å². The summed E-state index contributed by atoms with van der Waals surface area (Å²) in [6.07, 6.45) is 3.68. The van der Waals surface area contributed by atoms with E-state index in [9.17, 15) is 4.79 Å². The summed E-state index contributed by atoms with van der Waals surface area (Å²) in [4.78, 5) is 12.3. The lowest BCUT2D eigenvalue weighted by Crippen LogP contribution is -2.30. The van der Waals surface area contributed by atoms with Crippen LogP contribution in [0.5, 0.6) is 0 Å². The van der Waals surface area contributed by atoms with Gasteiger partial charge in [-0.2, -0.15) is 10.2 Å². The van der Waals surface area contributed by atoms with Crippen molar-refractivity contribution in [2.75, 3.05) is 6.54 Å². The SMILES string of the molecule is Cc1cc(C)n(C[C@H](C)CNC(=O)c2ccc(Cn3cccn3)cc2)n1. The lowest BCUT2D eigenvalue weighted by atomic mass is 10.1. The quantitative estimate of drug-likeness (QED) is 0.712. The first kappa shape index (κ1) is 17.9. The second kappa shape index (κ2) is 7.99. The molecule has 0 unspecified atom stereocenters. The van der Waals surface area contributed by atoms with E-state index < -0.39 is 0 Å². The van der Waals surface area contributed by atoms with E-state index in [2.05, 4.69) is 35.4 Å². The molecule has 1 amide bonds. The second-order valence-corrected chi connectivity index (χ2v) is 6.82. The Morgan fingerprint density at radius 3 is 2.62 bits per heavy atom. The first-order valence-electron chi connectivity index (χ1n) is 8.87. The predicted octanol–water partition coefficient (Wildman–Crippen LogP) is 2.81. The molecule has 0 radical (unpaired) electrons. The van der Waals surface area contributed by atoms with Crippen LogP contribution in [0.25, 0.3) is 0 Å². The molecule has 1 N–H and O–H groups in total. The van der Waals surface area contributed by atoms with Crippen molar-refractivity contribution >= 4 is 5.91 Å². The van der Waals surface area contributed by atoms with Gasteiger partial charge in [0.2, 0.25) is 0 Å². The highest BCUT2D eigenvalue weighted by Gasteiger charge is 2.10. The average molecular weight is 351 g/mol. The maximum absolute atomic E-state index is 12.3. The number of hydrogen-bond donors (Lipinski definition) is 1. The Kier molecular flexibility index (Phi) is 5.51. The maximum atomic E-state index is 12.3. The van der Waals surface area contributed by atoms with Gasteiger partial charge in [-0.25, -0.2) is 0 Å². The van der Waals surface area contributed by atoms with Crippen LogP contribution in [-0.4, -0.2) is 32.0 Å². The van der Waals surface area contributed by atoms with E-state index >= 15 is 0 Å². The largest absolute Gasteiger partial charge is 0.352 e. The van der Waals surface area contributed by atoms with Crippen molar-refractivity contribution in [1.82, 2.24) is 24.9 Å². The highest BCUT2D eigenvalue weighted by Crippen LogP contribution is 2.08. The van der Waals surface area contributed by atoms with Gasteiger partial charge in [-0.3, -0.25) is 14.2 Å². The minimum absolute atomic E-state index is 0.0455. The van der Waals surface area contributed by atoms with E-state index in [1.165, 1.54) is 0 Å². The fraction of sp³-hybridized carbons (Fsp3) is 0.350. The molecule has 2 aromatic heterocycles. The molecule has 1 aromatic carbocycles. The summed E-state index contributed by atoms with van der Waals surface area (Å²) < 4.78 is 3.85. The highest BCUT2D eigenvalue weighted by atomic mass is 16.1. The fourth-order valence-corrected chi connectivity index (χ4v) is 2.93. The number of benzene rings is 1. The van der Waals surface area contributed by atoms with Crippen LogP contribution >= 0.6 is 0 Å². The Morgan fingerprint density at radius 2 is 2.00 bits per heavy atom. The first-order chi connectivity index (χ1) is 12.5. The number of aromatic nitrogens is 4. The zero-order valence-electron chi connectivity index (χ0n) is 15.5. The monoisotopic (exact) mass is 351 g/mol. The van der Waals surface area contributed by atoms with Crippen LogP contribution in [0, 0.1) is 19.8 Å². The van der Waals surface area contributed by atoms with Crippen molar-refractivity contribution in [3.63, 3.8) is 0 Å². The van der Waals surface area contributed by atoms with Gasteiger partial charge in [0.25, 0.3) is 5.91 Å². The second-order valence-electron chi connectivity index (χ2n) is 6.82. The van der Waals surface area contributed by atoms with Crippen molar-refractivity contribution in [3.05, 3.63) is 71.3 Å². The van der Waals surface area contributed by atoms with Gasteiger partial charge in [-0.05, 0) is 49.6 Å². The molecule has 6 heteroatoms. The highest BCUT2D eigenvalue weighted by molar-refractivity contribution is 5.94. The molecule has 136 valence electrons. The minimum atomic E-state index is -0.0455. The molecule has 0 spiro atoms. The van der Waals surface area contributed by atoms with Gasteiger partial charge in [0.15, 0.2) is 0 Å². The van der Waals surface area contributed by atoms with E-state index in [0.717, 1.165) is 23.5 Å². The first-order valence-corrected chi connectivity index (χ1v) is 8.87. The van der Waals surface area contributed by atoms with Gasteiger partial charge in [0.05, 0.1) is 12.2 Å². The van der Waals surface area contributed by atoms with Gasteiger partial charge < -0.3 is 5.32 Å². The van der Waals surface area contributed by atoms with Crippen LogP contribution in [-0.2, 0) is 13.1 Å². The van der Waals surface area contributed by atoms with Gasteiger partial charge >= 0.3 is 0 Å². The number of aryl methyl sites for hydroxylation is 2. The van der Waals surface area contributed by atoms with E-state index in [4.69, 9.17) is 0 Å². The summed E-state index contributed by atoms with van der Waals surface area (Å²) in [6, 6.07) is 11.6. The van der Waals surface area contributed by atoms with Gasteiger partial charge in [0, 0.05) is 36.7 Å². The maximum Gasteiger partial charge on any atom is 0.251 e. The molecule has 1 atom stereocenters. The van der Waals surface area contributed by atoms with Crippen molar-refractivity contribution in [2.24, 2.45) is 5.92 Å². The fourth-order valence-electron chi connectivity index (χ4n) is 2.93. The van der Waals surface area contributed by atoms with E-state index in [0.29, 0.717) is 24.6 Å². The van der Waals surface area contributed by atoms with Crippen LogP contribution in [0.15, 0.2) is 48.8 Å². The Balaban J connectivity index is 1.50. The van der Waals surface area contributed by atoms with Crippen LogP contribution in [0.3, 0.4) is 0 Å². The summed E-state index contributed by atoms with van der Waals surface area (Å²) in [5.74, 6) is 0.256. The zero-order chi connectivity index (χ0) is 18.5. The standard InChI is InChI=1S/C20H25N5O/c1-15(13-25-17(3)11-16(2)23-25)12-21-20(26)19-7-5-18(6-8-19)14-24-10-4-9-22-24/h4-11,15H,12-14H2,1-3H3,(H,21,26)/t15-/m1/s1. The normalized spacial score (nSPS) is 12.1. The number of amides is 1. The lowest BCUT2D eigenvalue weighted by molar-refractivity contribution is 0.0946. The third-order valence-electron chi connectivity index (χ3n) is 4.32. The molecule has 0 bridgehead atoms. The van der Waals surface area contributed by atoms with Crippen molar-refractivity contribution in [3.8, 4) is 0 Å². The molecular formula is C20H25N5O. The van der Waals surface area contributed by atoms with Crippen LogP contribution < -0.4 is 5.32 Å². The molecule has 0 aliphatic heterocycles. The summed E-state index contributed by atoms with van der Waals surface area (Å²) in [6.45, 7) is 8.27. The van der Waals surface area contributed by atoms with Crippen molar-refractivity contribution < 1.29 is 4.79 Å². The topological polar surface area (TPSA) is 64.7 Å². The minimum Gasteiger partial charge on any atom is -0.352 e. The smallest absolute Gasteiger partial charge is 0.251 e. The van der Waals surface area contributed by atoms with E-state index in [-0.39, 0.29) is 5.91 Å². The lowest BCUT2D eigenvalue weighted by Gasteiger charge is -2.14. The number of nitrogens with one attached hydrogen (secondary N) is 1. The molecule has 2 heterocycles. The molecule has 0 aliphatic rings. The summed E-state index contributed by atoms with van der Waals surface area (Å²) in [5, 5.41) is 11.7. The summed E-state index contributed by atoms with van der Waals surface area (Å²) in [5.41, 5.74) is 3.96. The number of rotatable bonds is 7. The Hall–Kier alpha value is -2.89. The van der Waals surface area contributed by atoms with Crippen molar-refractivity contribution in [1.29, 1.82) is 0 Å².